The van der Waals surface area contributed by atoms with Gasteiger partial charge < -0.3 is 9.16 Å². The van der Waals surface area contributed by atoms with Crippen LogP contribution >= 0.6 is 11.6 Å². The van der Waals surface area contributed by atoms with Crippen LogP contribution in [0, 0.1) is 0 Å². The van der Waals surface area contributed by atoms with Gasteiger partial charge in [0, 0.05) is 12.8 Å². The molecule has 0 spiro atoms. The lowest BCUT2D eigenvalue weighted by atomic mass is 10.1. The summed E-state index contributed by atoms with van der Waals surface area (Å²) in [5.41, 5.74) is 1.27. The molecule has 0 radical (unpaired) electrons. The predicted molar refractivity (Wildman–Crippen MR) is 92.1 cm³/mol. The Morgan fingerprint density at radius 3 is 2.55 bits per heavy atom. The average molecular weight is 344 g/mol. The summed E-state index contributed by atoms with van der Waals surface area (Å²) in [5, 5.41) is 0.636. The van der Waals surface area contributed by atoms with Gasteiger partial charge in [-0.15, -0.1) is 0 Å². The fourth-order valence-electron chi connectivity index (χ4n) is 1.70. The minimum atomic E-state index is -1.71. The topological polar surface area (TPSA) is 48.4 Å². The number of carbonyl (C=O) groups excluding carboxylic acids is 1. The SMILES string of the molecule is COC(=O)c1cnc(Cl)c(CCCO[Si](C)(C)C(C)(C)C)c1. The molecule has 0 aromatic carbocycles. The van der Waals surface area contributed by atoms with Crippen molar-refractivity contribution in [1.29, 1.82) is 0 Å². The second-order valence-electron chi connectivity index (χ2n) is 6.88. The lowest BCUT2D eigenvalue weighted by Crippen LogP contribution is -2.41. The van der Waals surface area contributed by atoms with Crippen LogP contribution < -0.4 is 0 Å². The van der Waals surface area contributed by atoms with E-state index in [1.807, 2.05) is 0 Å². The van der Waals surface area contributed by atoms with Crippen LogP contribution in [0.25, 0.3) is 0 Å². The summed E-state index contributed by atoms with van der Waals surface area (Å²) in [6.45, 7) is 11.8. The number of aryl methyl sites for hydroxylation is 1. The highest BCUT2D eigenvalue weighted by Crippen LogP contribution is 2.36. The summed E-state index contributed by atoms with van der Waals surface area (Å²) in [5.74, 6) is -0.400. The van der Waals surface area contributed by atoms with E-state index in [1.165, 1.54) is 13.3 Å². The molecule has 0 amide bonds. The number of carbonyl (C=O) groups is 1. The van der Waals surface area contributed by atoms with E-state index in [4.69, 9.17) is 20.8 Å². The number of nitrogens with zero attached hydrogens (tertiary/aromatic N) is 1. The van der Waals surface area contributed by atoms with Gasteiger partial charge in [0.05, 0.1) is 12.7 Å². The van der Waals surface area contributed by atoms with Crippen molar-refractivity contribution in [2.24, 2.45) is 0 Å². The van der Waals surface area contributed by atoms with Crippen LogP contribution in [0.3, 0.4) is 0 Å². The van der Waals surface area contributed by atoms with Crippen LogP contribution in [0.1, 0.15) is 43.1 Å². The zero-order chi connectivity index (χ0) is 17.0. The smallest absolute Gasteiger partial charge is 0.339 e. The highest BCUT2D eigenvalue weighted by molar-refractivity contribution is 6.74. The van der Waals surface area contributed by atoms with Crippen molar-refractivity contribution < 1.29 is 14.0 Å². The molecule has 0 atom stereocenters. The molecule has 0 aliphatic rings. The maximum absolute atomic E-state index is 11.5. The quantitative estimate of drug-likeness (QED) is 0.331. The maximum Gasteiger partial charge on any atom is 0.339 e. The molecule has 6 heteroatoms. The van der Waals surface area contributed by atoms with Gasteiger partial charge in [-0.2, -0.15) is 0 Å². The van der Waals surface area contributed by atoms with E-state index in [0.717, 1.165) is 18.4 Å². The Kier molecular flexibility index (Phi) is 6.59. The Balaban J connectivity index is 2.60. The minimum absolute atomic E-state index is 0.205. The minimum Gasteiger partial charge on any atom is -0.465 e. The van der Waals surface area contributed by atoms with E-state index < -0.39 is 14.3 Å². The number of ether oxygens (including phenoxy) is 1. The highest BCUT2D eigenvalue weighted by Gasteiger charge is 2.36. The second kappa shape index (κ2) is 7.57. The number of esters is 1. The molecule has 0 saturated carbocycles. The van der Waals surface area contributed by atoms with Crippen molar-refractivity contribution in [3.05, 3.63) is 28.5 Å². The summed E-state index contributed by atoms with van der Waals surface area (Å²) in [4.78, 5) is 15.6. The van der Waals surface area contributed by atoms with Crippen LogP contribution in [0.4, 0.5) is 0 Å². The molecule has 0 bridgehead atoms. The van der Waals surface area contributed by atoms with Gasteiger partial charge in [-0.3, -0.25) is 0 Å². The second-order valence-corrected chi connectivity index (χ2v) is 12.0. The zero-order valence-electron chi connectivity index (χ0n) is 14.3. The zero-order valence-corrected chi connectivity index (χ0v) is 16.1. The van der Waals surface area contributed by atoms with Crippen LogP contribution in [0.5, 0.6) is 0 Å². The molecular formula is C16H26ClNO3Si. The lowest BCUT2D eigenvalue weighted by molar-refractivity contribution is 0.0600. The first-order chi connectivity index (χ1) is 10.1. The van der Waals surface area contributed by atoms with Crippen molar-refractivity contribution >= 4 is 25.9 Å². The van der Waals surface area contributed by atoms with Gasteiger partial charge >= 0.3 is 5.97 Å². The fraction of sp³-hybridized carbons (Fsp3) is 0.625. The van der Waals surface area contributed by atoms with Crippen molar-refractivity contribution in [3.8, 4) is 0 Å². The first kappa shape index (κ1) is 19.1. The van der Waals surface area contributed by atoms with E-state index in [1.54, 1.807) is 6.07 Å². The largest absolute Gasteiger partial charge is 0.465 e. The Hall–Kier alpha value is -0.913. The van der Waals surface area contributed by atoms with Crippen molar-refractivity contribution in [1.82, 2.24) is 4.98 Å². The summed E-state index contributed by atoms with van der Waals surface area (Å²) >= 11 is 6.09. The van der Waals surface area contributed by atoms with Crippen molar-refractivity contribution in [2.75, 3.05) is 13.7 Å². The number of methoxy groups -OCH3 is 1. The molecule has 0 aliphatic carbocycles. The van der Waals surface area contributed by atoms with Gasteiger partial charge in [-0.1, -0.05) is 32.4 Å². The standard InChI is InChI=1S/C16H26ClNO3Si/c1-16(2,3)22(5,6)21-9-7-8-12-10-13(15(19)20-4)11-18-14(12)17/h10-11H,7-9H2,1-6H3. The molecule has 0 N–H and O–H groups in total. The van der Waals surface area contributed by atoms with Gasteiger partial charge in [-0.25, -0.2) is 9.78 Å². The summed E-state index contributed by atoms with van der Waals surface area (Å²) in [6.07, 6.45) is 3.01. The highest BCUT2D eigenvalue weighted by atomic mass is 35.5. The van der Waals surface area contributed by atoms with E-state index >= 15 is 0 Å². The number of hydrogen-bond acceptors (Lipinski definition) is 4. The van der Waals surface area contributed by atoms with Gasteiger partial charge in [0.25, 0.3) is 0 Å². The monoisotopic (exact) mass is 343 g/mol. The molecular weight excluding hydrogens is 318 g/mol. The first-order valence-electron chi connectivity index (χ1n) is 7.45. The number of rotatable bonds is 6. The van der Waals surface area contributed by atoms with E-state index in [2.05, 4.69) is 38.8 Å². The van der Waals surface area contributed by atoms with Crippen molar-refractivity contribution in [3.63, 3.8) is 0 Å². The third kappa shape index (κ3) is 5.07. The first-order valence-corrected chi connectivity index (χ1v) is 10.7. The molecule has 1 heterocycles. The number of hydrogen-bond donors (Lipinski definition) is 0. The molecule has 22 heavy (non-hydrogen) atoms. The van der Waals surface area contributed by atoms with Crippen LogP contribution in [0.15, 0.2) is 12.3 Å². The Bertz CT molecular complexity index is 527. The number of pyridine rings is 1. The Labute approximate surface area is 139 Å². The van der Waals surface area contributed by atoms with Gasteiger partial charge in [0.1, 0.15) is 5.15 Å². The fourth-order valence-corrected chi connectivity index (χ4v) is 2.99. The van der Waals surface area contributed by atoms with E-state index in [9.17, 15) is 4.79 Å². The molecule has 0 fully saturated rings. The summed E-state index contributed by atoms with van der Waals surface area (Å²) < 4.78 is 10.8. The number of aromatic nitrogens is 1. The van der Waals surface area contributed by atoms with E-state index in [-0.39, 0.29) is 5.04 Å². The van der Waals surface area contributed by atoms with Crippen LogP contribution in [0.2, 0.25) is 23.3 Å². The third-order valence-corrected chi connectivity index (χ3v) is 9.07. The molecule has 0 unspecified atom stereocenters. The van der Waals surface area contributed by atoms with Gasteiger partial charge in [0.2, 0.25) is 0 Å². The summed E-state index contributed by atoms with van der Waals surface area (Å²) in [6, 6.07) is 1.74. The Morgan fingerprint density at radius 2 is 2.00 bits per heavy atom. The van der Waals surface area contributed by atoms with Gasteiger partial charge in [-0.05, 0) is 42.6 Å². The Morgan fingerprint density at radius 1 is 1.36 bits per heavy atom. The molecule has 1 aromatic rings. The normalized spacial score (nSPS) is 12.3. The summed E-state index contributed by atoms with van der Waals surface area (Å²) in [7, 11) is -0.363. The van der Waals surface area contributed by atoms with Gasteiger partial charge in [0.15, 0.2) is 8.32 Å². The molecule has 0 aliphatic heterocycles. The third-order valence-electron chi connectivity index (χ3n) is 4.19. The number of halogens is 1. The lowest BCUT2D eigenvalue weighted by Gasteiger charge is -2.36. The van der Waals surface area contributed by atoms with E-state index in [0.29, 0.717) is 17.3 Å². The maximum atomic E-state index is 11.5. The molecule has 0 saturated heterocycles. The molecule has 124 valence electrons. The average Bonchev–Trinajstić information content (AvgIpc) is 2.43. The van der Waals surface area contributed by atoms with Crippen LogP contribution in [-0.2, 0) is 15.6 Å². The molecule has 1 rings (SSSR count). The van der Waals surface area contributed by atoms with Crippen LogP contribution in [-0.4, -0.2) is 33.0 Å². The molecule has 1 aromatic heterocycles. The predicted octanol–water partition coefficient (Wildman–Crippen LogP) is 4.48. The molecule has 4 nitrogen and oxygen atoms in total. The van der Waals surface area contributed by atoms with Crippen molar-refractivity contribution in [2.45, 2.75) is 51.7 Å².